The number of aliphatic hydroxyl groups excluding tert-OH is 1. The molecule has 2 unspecified atom stereocenters. The van der Waals surface area contributed by atoms with Crippen molar-refractivity contribution < 1.29 is 5.11 Å². The largest absolute Gasteiger partial charge is 0.393 e. The summed E-state index contributed by atoms with van der Waals surface area (Å²) in [5.74, 6) is 1.91. The number of aliphatic hydroxyl groups is 1. The minimum atomic E-state index is -0.165. The third kappa shape index (κ3) is 1.86. The molecule has 0 aromatic carbocycles. The van der Waals surface area contributed by atoms with Crippen LogP contribution in [0.1, 0.15) is 25.7 Å². The maximum absolute atomic E-state index is 9.81. The topological polar surface area (TPSA) is 87.3 Å². The Morgan fingerprint density at radius 2 is 2.00 bits per heavy atom. The van der Waals surface area contributed by atoms with E-state index in [-0.39, 0.29) is 6.10 Å². The Bertz CT molecular complexity index is 438. The summed E-state index contributed by atoms with van der Waals surface area (Å²) in [4.78, 5) is 10.8. The van der Waals surface area contributed by atoms with E-state index >= 15 is 0 Å². The van der Waals surface area contributed by atoms with Gasteiger partial charge in [-0.1, -0.05) is 0 Å². The second-order valence-electron chi connectivity index (χ2n) is 5.14. The van der Waals surface area contributed by atoms with Gasteiger partial charge in [-0.3, -0.25) is 0 Å². The molecule has 6 nitrogen and oxygen atoms in total. The zero-order valence-corrected chi connectivity index (χ0v) is 10.5. The molecule has 6 heteroatoms. The quantitative estimate of drug-likeness (QED) is 0.711. The highest BCUT2D eigenvalue weighted by Gasteiger charge is 2.41. The van der Waals surface area contributed by atoms with E-state index in [4.69, 9.17) is 5.73 Å². The zero-order chi connectivity index (χ0) is 12.7. The van der Waals surface area contributed by atoms with E-state index in [1.54, 1.807) is 0 Å². The van der Waals surface area contributed by atoms with E-state index in [0.29, 0.717) is 18.0 Å². The van der Waals surface area contributed by atoms with Gasteiger partial charge in [-0.2, -0.15) is 9.97 Å². The van der Waals surface area contributed by atoms with Crippen LogP contribution in [0.15, 0.2) is 6.07 Å². The van der Waals surface area contributed by atoms with Crippen molar-refractivity contribution in [3.05, 3.63) is 6.07 Å². The highest BCUT2D eigenvalue weighted by molar-refractivity contribution is 5.54. The van der Waals surface area contributed by atoms with E-state index in [9.17, 15) is 5.11 Å². The van der Waals surface area contributed by atoms with E-state index in [1.807, 2.05) is 13.1 Å². The summed E-state index contributed by atoms with van der Waals surface area (Å²) in [7, 11) is 1.82. The monoisotopic (exact) mass is 249 g/mol. The zero-order valence-electron chi connectivity index (χ0n) is 10.5. The normalized spacial score (nSPS) is 30.6. The molecule has 2 fully saturated rings. The third-order valence-corrected chi connectivity index (χ3v) is 3.96. The van der Waals surface area contributed by atoms with Gasteiger partial charge in [0, 0.05) is 25.2 Å². The van der Waals surface area contributed by atoms with E-state index in [1.165, 1.54) is 0 Å². The number of piperidine rings is 1. The summed E-state index contributed by atoms with van der Waals surface area (Å²) in [6.45, 7) is 0. The van der Waals surface area contributed by atoms with Crippen molar-refractivity contribution in [1.82, 2.24) is 9.97 Å². The highest BCUT2D eigenvalue weighted by atomic mass is 16.3. The predicted molar refractivity (Wildman–Crippen MR) is 70.5 cm³/mol. The van der Waals surface area contributed by atoms with Gasteiger partial charge >= 0.3 is 0 Å². The fraction of sp³-hybridized carbons (Fsp3) is 0.667. The molecule has 0 saturated carbocycles. The molecule has 0 radical (unpaired) electrons. The number of rotatable bonds is 2. The molecule has 4 N–H and O–H groups in total. The van der Waals surface area contributed by atoms with Gasteiger partial charge in [0.25, 0.3) is 0 Å². The Morgan fingerprint density at radius 1 is 1.33 bits per heavy atom. The molecule has 2 saturated heterocycles. The van der Waals surface area contributed by atoms with Crippen LogP contribution in [0.25, 0.3) is 0 Å². The Morgan fingerprint density at radius 3 is 2.61 bits per heavy atom. The number of nitrogens with one attached hydrogen (secondary N) is 1. The van der Waals surface area contributed by atoms with E-state index < -0.39 is 0 Å². The second-order valence-corrected chi connectivity index (χ2v) is 5.14. The first-order chi connectivity index (χ1) is 8.67. The molecular weight excluding hydrogens is 230 g/mol. The van der Waals surface area contributed by atoms with Gasteiger partial charge in [-0.15, -0.1) is 0 Å². The number of fused-ring (bicyclic) bond motifs is 2. The van der Waals surface area contributed by atoms with Crippen molar-refractivity contribution in [2.45, 2.75) is 43.9 Å². The predicted octanol–water partition coefficient (Wildman–Crippen LogP) is 0.593. The van der Waals surface area contributed by atoms with Gasteiger partial charge in [-0.25, -0.2) is 0 Å². The fourth-order valence-electron chi connectivity index (χ4n) is 3.24. The van der Waals surface area contributed by atoms with E-state index in [0.717, 1.165) is 37.3 Å². The smallest absolute Gasteiger partial charge is 0.223 e. The molecule has 2 atom stereocenters. The molecule has 2 bridgehead atoms. The SMILES string of the molecule is CNc1cc(N2C3CCC2CC(O)C3)nc(N)n1. The number of anilines is 3. The van der Waals surface area contributed by atoms with Gasteiger partial charge in [0.05, 0.1) is 6.10 Å². The first kappa shape index (κ1) is 11.5. The van der Waals surface area contributed by atoms with Crippen molar-refractivity contribution in [2.75, 3.05) is 23.0 Å². The summed E-state index contributed by atoms with van der Waals surface area (Å²) in [6.07, 6.45) is 3.74. The molecule has 0 aliphatic carbocycles. The lowest BCUT2D eigenvalue weighted by Gasteiger charge is -2.38. The van der Waals surface area contributed by atoms with Crippen molar-refractivity contribution in [3.63, 3.8) is 0 Å². The molecule has 3 rings (SSSR count). The Kier molecular flexibility index (Phi) is 2.74. The number of nitrogen functional groups attached to an aromatic ring is 1. The average molecular weight is 249 g/mol. The lowest BCUT2D eigenvalue weighted by atomic mass is 10.00. The third-order valence-electron chi connectivity index (χ3n) is 3.96. The highest BCUT2D eigenvalue weighted by Crippen LogP contribution is 2.39. The molecule has 2 aliphatic rings. The summed E-state index contributed by atoms with van der Waals surface area (Å²) in [6, 6.07) is 2.70. The Hall–Kier alpha value is -1.56. The summed E-state index contributed by atoms with van der Waals surface area (Å²) >= 11 is 0. The van der Waals surface area contributed by atoms with E-state index in [2.05, 4.69) is 20.2 Å². The number of hydrogen-bond acceptors (Lipinski definition) is 6. The number of nitrogens with zero attached hydrogens (tertiary/aromatic N) is 3. The molecule has 2 aliphatic heterocycles. The van der Waals surface area contributed by atoms with Crippen LogP contribution in [-0.2, 0) is 0 Å². The maximum Gasteiger partial charge on any atom is 0.223 e. The molecule has 3 heterocycles. The Labute approximate surface area is 106 Å². The standard InChI is InChI=1S/C12H19N5O/c1-14-10-6-11(16-12(13)15-10)17-7-2-3-8(17)5-9(18)4-7/h6-9,18H,2-5H2,1H3,(H3,13,14,15,16). The molecular formula is C12H19N5O. The van der Waals surface area contributed by atoms with Crippen LogP contribution in [0.2, 0.25) is 0 Å². The van der Waals surface area contributed by atoms with Crippen LogP contribution in [0.4, 0.5) is 17.6 Å². The summed E-state index contributed by atoms with van der Waals surface area (Å²) in [5.41, 5.74) is 5.74. The fourth-order valence-corrected chi connectivity index (χ4v) is 3.24. The number of nitrogens with two attached hydrogens (primary N) is 1. The molecule has 0 spiro atoms. The first-order valence-corrected chi connectivity index (χ1v) is 6.46. The van der Waals surface area contributed by atoms with Crippen LogP contribution >= 0.6 is 0 Å². The average Bonchev–Trinajstić information content (AvgIpc) is 2.61. The number of hydrogen-bond donors (Lipinski definition) is 3. The summed E-state index contributed by atoms with van der Waals surface area (Å²) in [5, 5.41) is 12.8. The van der Waals surface area contributed by atoms with Crippen molar-refractivity contribution in [2.24, 2.45) is 0 Å². The van der Waals surface area contributed by atoms with Gasteiger partial charge in [0.1, 0.15) is 11.6 Å². The number of aromatic nitrogens is 2. The maximum atomic E-state index is 9.81. The van der Waals surface area contributed by atoms with Crippen molar-refractivity contribution >= 4 is 17.6 Å². The second kappa shape index (κ2) is 4.28. The minimum absolute atomic E-state index is 0.165. The molecule has 18 heavy (non-hydrogen) atoms. The molecule has 0 amide bonds. The van der Waals surface area contributed by atoms with Gasteiger partial charge in [-0.05, 0) is 25.7 Å². The first-order valence-electron chi connectivity index (χ1n) is 6.46. The van der Waals surface area contributed by atoms with Gasteiger partial charge in [0.15, 0.2) is 0 Å². The molecule has 1 aromatic heterocycles. The van der Waals surface area contributed by atoms with Crippen molar-refractivity contribution in [1.29, 1.82) is 0 Å². The van der Waals surface area contributed by atoms with Crippen LogP contribution in [0.3, 0.4) is 0 Å². The molecule has 98 valence electrons. The summed E-state index contributed by atoms with van der Waals surface area (Å²) < 4.78 is 0. The van der Waals surface area contributed by atoms with Crippen molar-refractivity contribution in [3.8, 4) is 0 Å². The van der Waals surface area contributed by atoms with Crippen LogP contribution in [0.5, 0.6) is 0 Å². The van der Waals surface area contributed by atoms with Gasteiger partial charge < -0.3 is 21.1 Å². The Balaban J connectivity index is 1.93. The lowest BCUT2D eigenvalue weighted by Crippen LogP contribution is -2.45. The van der Waals surface area contributed by atoms with Crippen LogP contribution in [0, 0.1) is 0 Å². The van der Waals surface area contributed by atoms with Crippen LogP contribution < -0.4 is 16.0 Å². The van der Waals surface area contributed by atoms with Gasteiger partial charge in [0.2, 0.25) is 5.95 Å². The minimum Gasteiger partial charge on any atom is -0.393 e. The lowest BCUT2D eigenvalue weighted by molar-refractivity contribution is 0.126. The van der Waals surface area contributed by atoms with Crippen LogP contribution in [-0.4, -0.2) is 40.3 Å². The molecule has 1 aromatic rings.